The minimum Gasteiger partial charge on any atom is -0.444 e. The zero-order valence-corrected chi connectivity index (χ0v) is 13.5. The van der Waals surface area contributed by atoms with Crippen molar-refractivity contribution in [2.24, 2.45) is 5.73 Å². The van der Waals surface area contributed by atoms with Crippen LogP contribution in [-0.2, 0) is 9.53 Å². The van der Waals surface area contributed by atoms with Crippen LogP contribution in [0.1, 0.15) is 40.0 Å². The third-order valence-corrected chi connectivity index (χ3v) is 3.24. The monoisotopic (exact) mass is 314 g/mol. The molecule has 0 aromatic heterocycles. The Morgan fingerprint density at radius 2 is 1.95 bits per heavy atom. The zero-order valence-electron chi connectivity index (χ0n) is 13.5. The van der Waals surface area contributed by atoms with E-state index in [0.29, 0.717) is 6.54 Å². The zero-order chi connectivity index (χ0) is 16.8. The predicted octanol–water partition coefficient (Wildman–Crippen LogP) is 0.561. The highest BCUT2D eigenvalue weighted by Crippen LogP contribution is 2.16. The molecule has 8 nitrogen and oxygen atoms in total. The SMILES string of the molecule is CC(C)(C)OC(=O)NC[C@H]1CCCCN1CC(=O)NC(N)=O. The van der Waals surface area contributed by atoms with Gasteiger partial charge in [-0.15, -0.1) is 0 Å². The maximum atomic E-state index is 11.7. The molecule has 1 fully saturated rings. The molecule has 1 saturated heterocycles. The molecule has 0 spiro atoms. The van der Waals surface area contributed by atoms with Crippen LogP contribution >= 0.6 is 0 Å². The van der Waals surface area contributed by atoms with Crippen molar-refractivity contribution in [3.63, 3.8) is 0 Å². The summed E-state index contributed by atoms with van der Waals surface area (Å²) in [6.07, 6.45) is 2.42. The Balaban J connectivity index is 2.46. The number of nitrogens with two attached hydrogens (primary N) is 1. The Morgan fingerprint density at radius 1 is 1.27 bits per heavy atom. The van der Waals surface area contributed by atoms with Crippen molar-refractivity contribution in [2.75, 3.05) is 19.6 Å². The number of nitrogens with zero attached hydrogens (tertiary/aromatic N) is 1. The van der Waals surface area contributed by atoms with E-state index in [9.17, 15) is 14.4 Å². The molecule has 0 unspecified atom stereocenters. The van der Waals surface area contributed by atoms with Gasteiger partial charge in [-0.3, -0.25) is 15.0 Å². The number of rotatable bonds is 4. The molecular formula is C14H26N4O4. The molecule has 8 heteroatoms. The fourth-order valence-electron chi connectivity index (χ4n) is 2.38. The molecule has 1 atom stereocenters. The number of ether oxygens (including phenoxy) is 1. The summed E-state index contributed by atoms with van der Waals surface area (Å²) in [6, 6.07) is -0.815. The van der Waals surface area contributed by atoms with E-state index in [4.69, 9.17) is 10.5 Å². The molecule has 126 valence electrons. The summed E-state index contributed by atoms with van der Waals surface area (Å²) >= 11 is 0. The Kier molecular flexibility index (Phi) is 6.61. The van der Waals surface area contributed by atoms with E-state index in [0.717, 1.165) is 25.8 Å². The van der Waals surface area contributed by atoms with E-state index in [1.807, 2.05) is 4.90 Å². The smallest absolute Gasteiger partial charge is 0.407 e. The molecule has 1 aliphatic rings. The average Bonchev–Trinajstić information content (AvgIpc) is 2.34. The first-order valence-corrected chi connectivity index (χ1v) is 7.47. The van der Waals surface area contributed by atoms with Crippen LogP contribution in [0.3, 0.4) is 0 Å². The van der Waals surface area contributed by atoms with Crippen molar-refractivity contribution in [1.82, 2.24) is 15.5 Å². The van der Waals surface area contributed by atoms with Crippen LogP contribution in [0.4, 0.5) is 9.59 Å². The number of imide groups is 1. The van der Waals surface area contributed by atoms with Crippen molar-refractivity contribution in [1.29, 1.82) is 0 Å². The lowest BCUT2D eigenvalue weighted by molar-refractivity contribution is -0.122. The van der Waals surface area contributed by atoms with E-state index in [2.05, 4.69) is 10.6 Å². The number of amides is 4. The number of hydrogen-bond donors (Lipinski definition) is 3. The summed E-state index contributed by atoms with van der Waals surface area (Å²) in [6.45, 7) is 6.63. The Hall–Kier alpha value is -1.83. The largest absolute Gasteiger partial charge is 0.444 e. The van der Waals surface area contributed by atoms with Gasteiger partial charge in [0.1, 0.15) is 5.60 Å². The van der Waals surface area contributed by atoms with Gasteiger partial charge in [-0.05, 0) is 40.2 Å². The highest BCUT2D eigenvalue weighted by Gasteiger charge is 2.25. The Labute approximate surface area is 130 Å². The maximum absolute atomic E-state index is 11.7. The highest BCUT2D eigenvalue weighted by molar-refractivity contribution is 5.94. The van der Waals surface area contributed by atoms with Gasteiger partial charge in [0.2, 0.25) is 5.91 Å². The minimum absolute atomic E-state index is 0.0416. The molecule has 1 heterocycles. The van der Waals surface area contributed by atoms with Crippen molar-refractivity contribution < 1.29 is 19.1 Å². The molecule has 0 aromatic rings. The first kappa shape index (κ1) is 18.2. The van der Waals surface area contributed by atoms with Gasteiger partial charge in [0, 0.05) is 12.6 Å². The van der Waals surface area contributed by atoms with Crippen LogP contribution < -0.4 is 16.4 Å². The minimum atomic E-state index is -0.856. The maximum Gasteiger partial charge on any atom is 0.407 e. The van der Waals surface area contributed by atoms with E-state index in [1.54, 1.807) is 20.8 Å². The lowest BCUT2D eigenvalue weighted by Crippen LogP contribution is -2.51. The van der Waals surface area contributed by atoms with Gasteiger partial charge in [-0.25, -0.2) is 9.59 Å². The fourth-order valence-corrected chi connectivity index (χ4v) is 2.38. The van der Waals surface area contributed by atoms with Gasteiger partial charge in [0.05, 0.1) is 6.54 Å². The lowest BCUT2D eigenvalue weighted by Gasteiger charge is -2.35. The number of primary amides is 1. The summed E-state index contributed by atoms with van der Waals surface area (Å²) in [5, 5.41) is 4.78. The van der Waals surface area contributed by atoms with E-state index >= 15 is 0 Å². The van der Waals surface area contributed by atoms with Crippen molar-refractivity contribution >= 4 is 18.0 Å². The number of likely N-dealkylation sites (tertiary alicyclic amines) is 1. The summed E-state index contributed by atoms with van der Waals surface area (Å²) in [4.78, 5) is 35.9. The number of hydrogen-bond acceptors (Lipinski definition) is 5. The van der Waals surface area contributed by atoms with Gasteiger partial charge in [-0.2, -0.15) is 0 Å². The molecule has 22 heavy (non-hydrogen) atoms. The number of alkyl carbamates (subject to hydrolysis) is 1. The Bertz CT molecular complexity index is 420. The number of nitrogens with one attached hydrogen (secondary N) is 2. The summed E-state index contributed by atoms with van der Waals surface area (Å²) in [7, 11) is 0. The number of piperidine rings is 1. The average molecular weight is 314 g/mol. The molecule has 1 aliphatic heterocycles. The molecule has 0 aromatic carbocycles. The van der Waals surface area contributed by atoms with Crippen LogP contribution in [-0.4, -0.2) is 54.2 Å². The van der Waals surface area contributed by atoms with Crippen LogP contribution in [0.5, 0.6) is 0 Å². The number of carbonyl (C=O) groups is 3. The summed E-state index contributed by atoms with van der Waals surface area (Å²) < 4.78 is 5.19. The molecular weight excluding hydrogens is 288 g/mol. The second-order valence-electron chi connectivity index (χ2n) is 6.42. The van der Waals surface area contributed by atoms with Crippen LogP contribution in [0.25, 0.3) is 0 Å². The van der Waals surface area contributed by atoms with Gasteiger partial charge in [0.15, 0.2) is 0 Å². The second kappa shape index (κ2) is 7.98. The molecule has 0 bridgehead atoms. The normalized spacial score (nSPS) is 19.3. The van der Waals surface area contributed by atoms with E-state index in [-0.39, 0.29) is 12.6 Å². The van der Waals surface area contributed by atoms with Crippen molar-refractivity contribution in [3.8, 4) is 0 Å². The van der Waals surface area contributed by atoms with Gasteiger partial charge in [-0.1, -0.05) is 6.42 Å². The van der Waals surface area contributed by atoms with Crippen LogP contribution in [0, 0.1) is 0 Å². The standard InChI is InChI=1S/C14H26N4O4/c1-14(2,3)22-13(21)16-8-10-6-4-5-7-18(10)9-11(19)17-12(15)20/h10H,4-9H2,1-3H3,(H,16,21)(H3,15,17,19,20)/t10-/m1/s1. The van der Waals surface area contributed by atoms with Gasteiger partial charge >= 0.3 is 12.1 Å². The quantitative estimate of drug-likeness (QED) is 0.701. The third kappa shape index (κ3) is 7.26. The predicted molar refractivity (Wildman–Crippen MR) is 81.2 cm³/mol. The second-order valence-corrected chi connectivity index (χ2v) is 6.42. The summed E-state index contributed by atoms with van der Waals surface area (Å²) in [5.74, 6) is -0.434. The van der Waals surface area contributed by atoms with E-state index in [1.165, 1.54) is 0 Å². The first-order chi connectivity index (χ1) is 10.2. The fraction of sp³-hybridized carbons (Fsp3) is 0.786. The van der Waals surface area contributed by atoms with Crippen LogP contribution in [0.15, 0.2) is 0 Å². The molecule has 0 radical (unpaired) electrons. The topological polar surface area (TPSA) is 114 Å². The van der Waals surface area contributed by atoms with Gasteiger partial charge < -0.3 is 15.8 Å². The first-order valence-electron chi connectivity index (χ1n) is 7.47. The molecule has 1 rings (SSSR count). The van der Waals surface area contributed by atoms with Crippen LogP contribution in [0.2, 0.25) is 0 Å². The number of urea groups is 1. The van der Waals surface area contributed by atoms with Crippen molar-refractivity contribution in [3.05, 3.63) is 0 Å². The number of carbonyl (C=O) groups excluding carboxylic acids is 3. The van der Waals surface area contributed by atoms with Crippen molar-refractivity contribution in [2.45, 2.75) is 51.7 Å². The lowest BCUT2D eigenvalue weighted by atomic mass is 10.0. The van der Waals surface area contributed by atoms with Gasteiger partial charge in [0.25, 0.3) is 0 Å². The molecule has 4 amide bonds. The molecule has 0 saturated carbocycles. The summed E-state index contributed by atoms with van der Waals surface area (Å²) in [5.41, 5.74) is 4.38. The van der Waals surface area contributed by atoms with E-state index < -0.39 is 23.6 Å². The third-order valence-electron chi connectivity index (χ3n) is 3.24. The molecule has 0 aliphatic carbocycles. The Morgan fingerprint density at radius 3 is 2.55 bits per heavy atom. The highest BCUT2D eigenvalue weighted by atomic mass is 16.6. The molecule has 4 N–H and O–H groups in total.